The van der Waals surface area contributed by atoms with Gasteiger partial charge in [-0.25, -0.2) is 26.7 Å². The predicted octanol–water partition coefficient (Wildman–Crippen LogP) is 5.74. The molecule has 0 unspecified atom stereocenters. The molecule has 136 valence electrons. The first-order chi connectivity index (χ1) is 12.2. The molecule has 0 aliphatic rings. The lowest BCUT2D eigenvalue weighted by Gasteiger charge is -2.10. The van der Waals surface area contributed by atoms with Gasteiger partial charge in [-0.3, -0.25) is 0 Å². The summed E-state index contributed by atoms with van der Waals surface area (Å²) in [6.07, 6.45) is 0. The maximum absolute atomic E-state index is 13.8. The van der Waals surface area contributed by atoms with Crippen LogP contribution in [0.1, 0.15) is 11.1 Å². The van der Waals surface area contributed by atoms with Gasteiger partial charge in [0.15, 0.2) is 23.3 Å². The first kappa shape index (κ1) is 18.7. The van der Waals surface area contributed by atoms with Crippen LogP contribution in [0.4, 0.5) is 22.0 Å². The third kappa shape index (κ3) is 3.19. The second kappa shape index (κ2) is 6.92. The zero-order valence-corrected chi connectivity index (χ0v) is 14.5. The smallest absolute Gasteiger partial charge is 0.336 e. The van der Waals surface area contributed by atoms with E-state index in [1.54, 1.807) is 6.92 Å². The molecule has 0 fully saturated rings. The second-order valence-corrected chi connectivity index (χ2v) is 6.77. The van der Waals surface area contributed by atoms with Gasteiger partial charge in [0.05, 0.1) is 4.90 Å². The van der Waals surface area contributed by atoms with Gasteiger partial charge in [0.2, 0.25) is 5.82 Å². The zero-order chi connectivity index (χ0) is 19.2. The predicted molar refractivity (Wildman–Crippen MR) is 88.0 cm³/mol. The van der Waals surface area contributed by atoms with E-state index in [1.807, 2.05) is 0 Å². The Kier molecular flexibility index (Phi) is 4.98. The van der Waals surface area contributed by atoms with Gasteiger partial charge in [0.1, 0.15) is 5.58 Å². The molecule has 0 amide bonds. The highest BCUT2D eigenvalue weighted by atomic mass is 35.5. The van der Waals surface area contributed by atoms with Crippen molar-refractivity contribution in [2.24, 2.45) is 0 Å². The summed E-state index contributed by atoms with van der Waals surface area (Å²) < 4.78 is 72.3. The minimum absolute atomic E-state index is 0.201. The summed E-state index contributed by atoms with van der Waals surface area (Å²) >= 11 is 6.42. The third-order valence-corrected chi connectivity index (χ3v) is 5.16. The maximum Gasteiger partial charge on any atom is 0.336 e. The molecular weight excluding hydrogens is 399 g/mol. The van der Waals surface area contributed by atoms with Crippen molar-refractivity contribution in [2.75, 3.05) is 0 Å². The van der Waals surface area contributed by atoms with Gasteiger partial charge in [0, 0.05) is 22.2 Å². The Labute approximate surface area is 152 Å². The van der Waals surface area contributed by atoms with E-state index in [0.717, 1.165) is 6.07 Å². The molecular formula is C17H8ClF5O2S. The van der Waals surface area contributed by atoms with Crippen LogP contribution in [-0.4, -0.2) is 0 Å². The summed E-state index contributed by atoms with van der Waals surface area (Å²) in [7, 11) is 0. The van der Waals surface area contributed by atoms with Crippen molar-refractivity contribution in [3.05, 3.63) is 73.9 Å². The van der Waals surface area contributed by atoms with Gasteiger partial charge in [-0.05, 0) is 30.2 Å². The maximum atomic E-state index is 13.8. The van der Waals surface area contributed by atoms with Gasteiger partial charge >= 0.3 is 5.63 Å². The van der Waals surface area contributed by atoms with E-state index in [-0.39, 0.29) is 16.9 Å². The molecule has 0 aliphatic carbocycles. The van der Waals surface area contributed by atoms with Crippen LogP contribution >= 0.6 is 23.4 Å². The lowest BCUT2D eigenvalue weighted by atomic mass is 10.1. The first-order valence-corrected chi connectivity index (χ1v) is 8.44. The van der Waals surface area contributed by atoms with Crippen molar-refractivity contribution < 1.29 is 26.4 Å². The number of hydrogen-bond donors (Lipinski definition) is 0. The van der Waals surface area contributed by atoms with Crippen molar-refractivity contribution in [2.45, 2.75) is 17.6 Å². The van der Waals surface area contributed by atoms with Crippen LogP contribution in [0.3, 0.4) is 0 Å². The number of halogens is 6. The molecule has 3 rings (SSSR count). The van der Waals surface area contributed by atoms with E-state index in [0.29, 0.717) is 27.7 Å². The van der Waals surface area contributed by atoms with Crippen LogP contribution in [-0.2, 0) is 5.75 Å². The molecule has 2 nitrogen and oxygen atoms in total. The molecule has 0 aliphatic heterocycles. The Hall–Kier alpha value is -2.06. The highest BCUT2D eigenvalue weighted by molar-refractivity contribution is 7.98. The fourth-order valence-corrected chi connectivity index (χ4v) is 3.46. The highest BCUT2D eigenvalue weighted by Crippen LogP contribution is 2.34. The van der Waals surface area contributed by atoms with Gasteiger partial charge in [0.25, 0.3) is 0 Å². The standard InChI is InChI=1S/C17H8ClF5O2S/c1-6-2-10-8(4-9(6)18)7(3-11(24)25-10)5-26-17-15(22)13(20)12(19)14(21)16(17)23/h2-4H,5H2,1H3. The topological polar surface area (TPSA) is 30.2 Å². The number of aryl methyl sites for hydroxylation is 1. The van der Waals surface area contributed by atoms with Gasteiger partial charge in [-0.2, -0.15) is 0 Å². The van der Waals surface area contributed by atoms with E-state index in [9.17, 15) is 26.7 Å². The number of fused-ring (bicyclic) bond motifs is 1. The molecule has 0 atom stereocenters. The summed E-state index contributed by atoms with van der Waals surface area (Å²) in [4.78, 5) is 10.6. The van der Waals surface area contributed by atoms with E-state index in [4.69, 9.17) is 16.0 Å². The molecule has 3 aromatic rings. The van der Waals surface area contributed by atoms with Gasteiger partial charge in [-0.15, -0.1) is 11.8 Å². The number of hydrogen-bond acceptors (Lipinski definition) is 3. The molecule has 0 radical (unpaired) electrons. The molecule has 0 saturated heterocycles. The van der Waals surface area contributed by atoms with Crippen molar-refractivity contribution in [3.63, 3.8) is 0 Å². The third-order valence-electron chi connectivity index (χ3n) is 3.65. The summed E-state index contributed by atoms with van der Waals surface area (Å²) in [6, 6.07) is 4.10. The molecule has 26 heavy (non-hydrogen) atoms. The average molecular weight is 407 g/mol. The Bertz CT molecular complexity index is 1070. The van der Waals surface area contributed by atoms with Crippen molar-refractivity contribution >= 4 is 34.3 Å². The normalized spacial score (nSPS) is 11.3. The van der Waals surface area contributed by atoms with E-state index >= 15 is 0 Å². The fourth-order valence-electron chi connectivity index (χ4n) is 2.33. The number of thioether (sulfide) groups is 1. The monoisotopic (exact) mass is 406 g/mol. The van der Waals surface area contributed by atoms with Crippen molar-refractivity contribution in [3.8, 4) is 0 Å². The van der Waals surface area contributed by atoms with Gasteiger partial charge < -0.3 is 4.42 Å². The minimum Gasteiger partial charge on any atom is -0.423 e. The molecule has 2 aromatic carbocycles. The quantitative estimate of drug-likeness (QED) is 0.183. The number of benzene rings is 2. The Morgan fingerprint density at radius 3 is 2.15 bits per heavy atom. The van der Waals surface area contributed by atoms with E-state index in [2.05, 4.69) is 0 Å². The molecule has 0 saturated carbocycles. The van der Waals surface area contributed by atoms with Gasteiger partial charge in [-0.1, -0.05) is 11.6 Å². The van der Waals surface area contributed by atoms with Crippen LogP contribution in [0.5, 0.6) is 0 Å². The molecule has 1 aromatic heterocycles. The van der Waals surface area contributed by atoms with E-state index in [1.165, 1.54) is 12.1 Å². The number of rotatable bonds is 3. The first-order valence-electron chi connectivity index (χ1n) is 7.07. The molecule has 1 heterocycles. The van der Waals surface area contributed by atoms with Crippen LogP contribution in [0, 0.1) is 36.0 Å². The Morgan fingerprint density at radius 2 is 1.54 bits per heavy atom. The van der Waals surface area contributed by atoms with Crippen LogP contribution in [0.15, 0.2) is 32.3 Å². The summed E-state index contributed by atoms with van der Waals surface area (Å²) in [5.74, 6) is -10.4. The zero-order valence-electron chi connectivity index (χ0n) is 12.9. The average Bonchev–Trinajstić information content (AvgIpc) is 2.59. The molecule has 0 N–H and O–H groups in total. The molecule has 0 bridgehead atoms. The van der Waals surface area contributed by atoms with Crippen molar-refractivity contribution in [1.29, 1.82) is 0 Å². The highest BCUT2D eigenvalue weighted by Gasteiger charge is 2.26. The minimum atomic E-state index is -2.22. The summed E-state index contributed by atoms with van der Waals surface area (Å²) in [5.41, 5.74) is 0.415. The van der Waals surface area contributed by atoms with Crippen molar-refractivity contribution in [1.82, 2.24) is 0 Å². The van der Waals surface area contributed by atoms with Crippen LogP contribution in [0.2, 0.25) is 5.02 Å². The Balaban J connectivity index is 2.07. The second-order valence-electron chi connectivity index (χ2n) is 5.38. The van der Waals surface area contributed by atoms with Crippen LogP contribution < -0.4 is 5.63 Å². The summed E-state index contributed by atoms with van der Waals surface area (Å²) in [6.45, 7) is 1.69. The lowest BCUT2D eigenvalue weighted by Crippen LogP contribution is -2.04. The fraction of sp³-hybridized carbons (Fsp3) is 0.118. The van der Waals surface area contributed by atoms with Crippen LogP contribution in [0.25, 0.3) is 11.0 Å². The lowest BCUT2D eigenvalue weighted by molar-refractivity contribution is 0.361. The summed E-state index contributed by atoms with van der Waals surface area (Å²) in [5, 5.41) is 0.769. The largest absolute Gasteiger partial charge is 0.423 e. The SMILES string of the molecule is Cc1cc2oc(=O)cc(CSc3c(F)c(F)c(F)c(F)c3F)c2cc1Cl. The Morgan fingerprint density at radius 1 is 0.962 bits per heavy atom. The molecule has 9 heteroatoms. The van der Waals surface area contributed by atoms with E-state index < -0.39 is 39.6 Å². The molecule has 0 spiro atoms.